The van der Waals surface area contributed by atoms with E-state index in [1.807, 2.05) is 6.92 Å². The number of nitrogens with one attached hydrogen (secondary N) is 2. The topological polar surface area (TPSA) is 108 Å². The highest BCUT2D eigenvalue weighted by Crippen LogP contribution is 2.12. The third kappa shape index (κ3) is 6.22. The molecule has 8 heteroatoms. The van der Waals surface area contributed by atoms with E-state index in [9.17, 15) is 14.4 Å². The van der Waals surface area contributed by atoms with Crippen molar-refractivity contribution in [3.63, 3.8) is 0 Å². The number of carboxylic acids is 1. The first-order chi connectivity index (χ1) is 9.92. The van der Waals surface area contributed by atoms with Crippen molar-refractivity contribution in [3.05, 3.63) is 28.5 Å². The highest BCUT2D eigenvalue weighted by molar-refractivity contribution is 6.29. The van der Waals surface area contributed by atoms with E-state index in [-0.39, 0.29) is 11.7 Å². The molecule has 0 fully saturated rings. The normalized spacial score (nSPS) is 10.0. The van der Waals surface area contributed by atoms with Gasteiger partial charge in [-0.05, 0) is 18.6 Å². The Morgan fingerprint density at radius 2 is 1.95 bits per heavy atom. The Labute approximate surface area is 126 Å². The molecule has 0 aromatic carbocycles. The highest BCUT2D eigenvalue weighted by Gasteiger charge is 2.11. The predicted molar refractivity (Wildman–Crippen MR) is 76.2 cm³/mol. The molecule has 0 atom stereocenters. The Morgan fingerprint density at radius 3 is 2.57 bits per heavy atom. The van der Waals surface area contributed by atoms with Crippen molar-refractivity contribution in [2.45, 2.75) is 19.8 Å². The third-order valence-corrected chi connectivity index (χ3v) is 2.66. The summed E-state index contributed by atoms with van der Waals surface area (Å²) in [5, 5.41) is 13.1. The van der Waals surface area contributed by atoms with Gasteiger partial charge in [0.2, 0.25) is 5.91 Å². The van der Waals surface area contributed by atoms with Crippen molar-refractivity contribution in [2.24, 2.45) is 0 Å². The Kier molecular flexibility index (Phi) is 6.61. The molecular formula is C13H16ClN3O4. The van der Waals surface area contributed by atoms with Gasteiger partial charge in [-0.25, -0.2) is 4.98 Å². The molecule has 0 bridgehead atoms. The maximum absolute atomic E-state index is 11.9. The fourth-order valence-corrected chi connectivity index (χ4v) is 1.79. The molecule has 0 spiro atoms. The lowest BCUT2D eigenvalue weighted by Gasteiger charge is -2.07. The summed E-state index contributed by atoms with van der Waals surface area (Å²) >= 11 is 5.84. The number of aliphatic carboxylic acids is 1. The number of pyridine rings is 1. The zero-order chi connectivity index (χ0) is 15.8. The molecule has 21 heavy (non-hydrogen) atoms. The summed E-state index contributed by atoms with van der Waals surface area (Å²) < 4.78 is 0. The monoisotopic (exact) mass is 313 g/mol. The molecule has 2 amide bonds. The zero-order valence-electron chi connectivity index (χ0n) is 11.5. The first-order valence-electron chi connectivity index (χ1n) is 6.35. The van der Waals surface area contributed by atoms with E-state index in [4.69, 9.17) is 16.7 Å². The molecule has 3 N–H and O–H groups in total. The smallest absolute Gasteiger partial charge is 0.322 e. The molecule has 114 valence electrons. The minimum Gasteiger partial charge on any atom is -0.480 e. The lowest BCUT2D eigenvalue weighted by Crippen LogP contribution is -2.39. The quantitative estimate of drug-likeness (QED) is 0.639. The fourth-order valence-electron chi connectivity index (χ4n) is 1.57. The molecule has 7 nitrogen and oxygen atoms in total. The molecule has 1 aromatic heterocycles. The van der Waals surface area contributed by atoms with Crippen LogP contribution in [0.25, 0.3) is 0 Å². The van der Waals surface area contributed by atoms with E-state index in [2.05, 4.69) is 15.6 Å². The van der Waals surface area contributed by atoms with Crippen LogP contribution in [0.3, 0.4) is 0 Å². The van der Waals surface area contributed by atoms with Crippen molar-refractivity contribution in [3.8, 4) is 0 Å². The number of carboxylic acid groups (broad SMARTS) is 1. The molecule has 0 saturated carbocycles. The Morgan fingerprint density at radius 1 is 1.24 bits per heavy atom. The van der Waals surface area contributed by atoms with Gasteiger partial charge in [-0.3, -0.25) is 14.4 Å². The zero-order valence-corrected chi connectivity index (χ0v) is 12.2. The second-order valence-electron chi connectivity index (χ2n) is 4.27. The van der Waals surface area contributed by atoms with E-state index in [1.165, 1.54) is 6.07 Å². The molecule has 0 aliphatic heterocycles. The summed E-state index contributed by atoms with van der Waals surface area (Å²) in [6, 6.07) is 3.02. The van der Waals surface area contributed by atoms with Crippen LogP contribution in [0.1, 0.15) is 29.4 Å². The maximum atomic E-state index is 11.9. The molecule has 1 aromatic rings. The number of nitrogens with zero attached hydrogens (tertiary/aromatic N) is 1. The average molecular weight is 314 g/mol. The van der Waals surface area contributed by atoms with Gasteiger partial charge in [0.1, 0.15) is 11.7 Å². The molecule has 1 heterocycles. The van der Waals surface area contributed by atoms with E-state index >= 15 is 0 Å². The fraction of sp³-hybridized carbons (Fsp3) is 0.385. The van der Waals surface area contributed by atoms with Gasteiger partial charge in [0, 0.05) is 11.3 Å². The second-order valence-corrected chi connectivity index (χ2v) is 4.66. The third-order valence-electron chi connectivity index (χ3n) is 2.46. The van der Waals surface area contributed by atoms with Crippen LogP contribution < -0.4 is 10.6 Å². The lowest BCUT2D eigenvalue weighted by atomic mass is 10.1. The SMILES string of the molecule is CCCc1cc(C(=O)NCC(=O)NCC(=O)O)cc(Cl)n1. The van der Waals surface area contributed by atoms with Gasteiger partial charge < -0.3 is 15.7 Å². The molecule has 0 unspecified atom stereocenters. The summed E-state index contributed by atoms with van der Waals surface area (Å²) in [5.74, 6) is -2.21. The number of amides is 2. The van der Waals surface area contributed by atoms with Gasteiger partial charge in [-0.1, -0.05) is 24.9 Å². The number of hydrogen-bond donors (Lipinski definition) is 3. The van der Waals surface area contributed by atoms with E-state index in [0.717, 1.165) is 6.42 Å². The summed E-state index contributed by atoms with van der Waals surface area (Å²) in [4.78, 5) is 37.6. The largest absolute Gasteiger partial charge is 0.480 e. The summed E-state index contributed by atoms with van der Waals surface area (Å²) in [6.45, 7) is 1.18. The molecule has 0 aliphatic rings. The summed E-state index contributed by atoms with van der Waals surface area (Å²) in [6.07, 6.45) is 1.56. The molecule has 0 aliphatic carbocycles. The minimum absolute atomic E-state index is 0.210. The average Bonchev–Trinajstić information content (AvgIpc) is 2.42. The summed E-state index contributed by atoms with van der Waals surface area (Å²) in [5.41, 5.74) is 1.01. The van der Waals surface area contributed by atoms with E-state index in [1.54, 1.807) is 6.07 Å². The Bertz CT molecular complexity index is 548. The number of aromatic nitrogens is 1. The number of carbonyl (C=O) groups excluding carboxylic acids is 2. The van der Waals surface area contributed by atoms with Crippen molar-refractivity contribution in [2.75, 3.05) is 13.1 Å². The predicted octanol–water partition coefficient (Wildman–Crippen LogP) is 0.618. The van der Waals surface area contributed by atoms with Crippen molar-refractivity contribution >= 4 is 29.4 Å². The lowest BCUT2D eigenvalue weighted by molar-refractivity contribution is -0.137. The summed E-state index contributed by atoms with van der Waals surface area (Å²) in [7, 11) is 0. The van der Waals surface area contributed by atoms with Gasteiger partial charge in [0.25, 0.3) is 5.91 Å². The van der Waals surface area contributed by atoms with Crippen molar-refractivity contribution in [1.29, 1.82) is 0 Å². The Balaban J connectivity index is 2.59. The number of aryl methyl sites for hydroxylation is 1. The maximum Gasteiger partial charge on any atom is 0.322 e. The number of halogens is 1. The molecule has 0 saturated heterocycles. The van der Waals surface area contributed by atoms with Crippen LogP contribution in [0.4, 0.5) is 0 Å². The molecule has 1 rings (SSSR count). The van der Waals surface area contributed by atoms with Gasteiger partial charge in [0.15, 0.2) is 0 Å². The second kappa shape index (κ2) is 8.21. The van der Waals surface area contributed by atoms with Crippen LogP contribution in [-0.4, -0.2) is 41.0 Å². The van der Waals surface area contributed by atoms with Crippen LogP contribution in [0, 0.1) is 0 Å². The van der Waals surface area contributed by atoms with Crippen molar-refractivity contribution in [1.82, 2.24) is 15.6 Å². The number of carbonyl (C=O) groups is 3. The number of hydrogen-bond acceptors (Lipinski definition) is 4. The molecule has 0 radical (unpaired) electrons. The van der Waals surface area contributed by atoms with Gasteiger partial charge in [-0.2, -0.15) is 0 Å². The van der Waals surface area contributed by atoms with Crippen LogP contribution in [0.15, 0.2) is 12.1 Å². The van der Waals surface area contributed by atoms with Gasteiger partial charge in [-0.15, -0.1) is 0 Å². The van der Waals surface area contributed by atoms with Gasteiger partial charge >= 0.3 is 5.97 Å². The van der Waals surface area contributed by atoms with Crippen LogP contribution in [0.2, 0.25) is 5.15 Å². The molecular weight excluding hydrogens is 298 g/mol. The first kappa shape index (κ1) is 16.9. The van der Waals surface area contributed by atoms with E-state index < -0.39 is 24.3 Å². The van der Waals surface area contributed by atoms with Crippen LogP contribution in [0.5, 0.6) is 0 Å². The van der Waals surface area contributed by atoms with Crippen LogP contribution in [-0.2, 0) is 16.0 Å². The van der Waals surface area contributed by atoms with E-state index in [0.29, 0.717) is 17.7 Å². The van der Waals surface area contributed by atoms with Crippen LogP contribution >= 0.6 is 11.6 Å². The standard InChI is InChI=1S/C13H16ClN3O4/c1-2-3-9-4-8(5-10(14)17-9)13(21)16-6-11(18)15-7-12(19)20/h4-5H,2-3,6-7H2,1H3,(H,15,18)(H,16,21)(H,19,20). The first-order valence-corrected chi connectivity index (χ1v) is 6.73. The minimum atomic E-state index is -1.15. The van der Waals surface area contributed by atoms with Crippen molar-refractivity contribution < 1.29 is 19.5 Å². The highest BCUT2D eigenvalue weighted by atomic mass is 35.5. The number of rotatable bonds is 7. The Hall–Kier alpha value is -2.15. The van der Waals surface area contributed by atoms with Gasteiger partial charge in [0.05, 0.1) is 6.54 Å².